The summed E-state index contributed by atoms with van der Waals surface area (Å²) in [5, 5.41) is 10.6. The molecule has 1 amide bonds. The summed E-state index contributed by atoms with van der Waals surface area (Å²) >= 11 is 0. The van der Waals surface area contributed by atoms with Crippen LogP contribution >= 0.6 is 0 Å². The Morgan fingerprint density at radius 1 is 1.13 bits per heavy atom. The Morgan fingerprint density at radius 2 is 1.87 bits per heavy atom. The average Bonchev–Trinajstić information content (AvgIpc) is 3.07. The molecular formula is C17H13FN4O. The number of halogens is 1. The molecule has 0 fully saturated rings. The molecule has 0 aliphatic carbocycles. The first-order chi connectivity index (χ1) is 11.2. The normalized spacial score (nSPS) is 10.8. The Hall–Kier alpha value is -3.28. The van der Waals surface area contributed by atoms with E-state index in [0.717, 1.165) is 5.56 Å². The molecule has 3 aromatic rings. The van der Waals surface area contributed by atoms with E-state index in [-0.39, 0.29) is 5.82 Å². The first-order valence-corrected chi connectivity index (χ1v) is 6.92. The SMILES string of the molecule is O=C(N/N=C\c1ccc(F)cc1)c1cc(-c2ccccc2)n[nH]1. The minimum absolute atomic E-state index is 0.306. The minimum atomic E-state index is -0.405. The Labute approximate surface area is 131 Å². The highest BCUT2D eigenvalue weighted by molar-refractivity contribution is 5.94. The lowest BCUT2D eigenvalue weighted by molar-refractivity contribution is 0.0950. The summed E-state index contributed by atoms with van der Waals surface area (Å²) in [7, 11) is 0. The van der Waals surface area contributed by atoms with E-state index in [0.29, 0.717) is 17.0 Å². The van der Waals surface area contributed by atoms with Crippen molar-refractivity contribution in [3.8, 4) is 11.3 Å². The van der Waals surface area contributed by atoms with Crippen molar-refractivity contribution >= 4 is 12.1 Å². The first kappa shape index (κ1) is 14.6. The van der Waals surface area contributed by atoms with Crippen LogP contribution < -0.4 is 5.43 Å². The zero-order valence-electron chi connectivity index (χ0n) is 12.0. The van der Waals surface area contributed by atoms with Crippen molar-refractivity contribution < 1.29 is 9.18 Å². The largest absolute Gasteiger partial charge is 0.289 e. The highest BCUT2D eigenvalue weighted by Crippen LogP contribution is 2.16. The van der Waals surface area contributed by atoms with Crippen LogP contribution in [0, 0.1) is 5.82 Å². The summed E-state index contributed by atoms with van der Waals surface area (Å²) in [5.41, 5.74) is 4.97. The number of aromatic nitrogens is 2. The van der Waals surface area contributed by atoms with Crippen LogP contribution in [0.25, 0.3) is 11.3 Å². The van der Waals surface area contributed by atoms with Crippen LogP contribution in [0.2, 0.25) is 0 Å². The maximum Gasteiger partial charge on any atom is 0.289 e. The number of H-pyrrole nitrogens is 1. The van der Waals surface area contributed by atoms with Gasteiger partial charge in [0.05, 0.1) is 11.9 Å². The number of hydrogen-bond acceptors (Lipinski definition) is 3. The van der Waals surface area contributed by atoms with Gasteiger partial charge in [-0.05, 0) is 23.8 Å². The van der Waals surface area contributed by atoms with Gasteiger partial charge in [0.15, 0.2) is 0 Å². The van der Waals surface area contributed by atoms with Gasteiger partial charge in [-0.2, -0.15) is 10.2 Å². The summed E-state index contributed by atoms with van der Waals surface area (Å²) in [6.07, 6.45) is 1.44. The van der Waals surface area contributed by atoms with Crippen LogP contribution in [0.15, 0.2) is 65.8 Å². The molecule has 0 aliphatic rings. The monoisotopic (exact) mass is 308 g/mol. The molecule has 23 heavy (non-hydrogen) atoms. The molecule has 0 unspecified atom stereocenters. The fourth-order valence-corrected chi connectivity index (χ4v) is 1.97. The lowest BCUT2D eigenvalue weighted by atomic mass is 10.1. The number of nitrogens with one attached hydrogen (secondary N) is 2. The average molecular weight is 308 g/mol. The molecule has 0 bridgehead atoms. The van der Waals surface area contributed by atoms with Crippen LogP contribution in [0.5, 0.6) is 0 Å². The van der Waals surface area contributed by atoms with E-state index < -0.39 is 5.91 Å². The lowest BCUT2D eigenvalue weighted by Crippen LogP contribution is -2.17. The van der Waals surface area contributed by atoms with E-state index in [4.69, 9.17) is 0 Å². The molecule has 1 aromatic heterocycles. The summed E-state index contributed by atoms with van der Waals surface area (Å²) in [5.74, 6) is -0.727. The molecule has 0 aliphatic heterocycles. The van der Waals surface area contributed by atoms with Crippen molar-refractivity contribution in [1.29, 1.82) is 0 Å². The molecule has 6 heteroatoms. The molecular weight excluding hydrogens is 295 g/mol. The first-order valence-electron chi connectivity index (χ1n) is 6.92. The number of rotatable bonds is 4. The maximum absolute atomic E-state index is 12.8. The van der Waals surface area contributed by atoms with Gasteiger partial charge >= 0.3 is 0 Å². The number of hydrazone groups is 1. The van der Waals surface area contributed by atoms with Crippen molar-refractivity contribution in [1.82, 2.24) is 15.6 Å². The van der Waals surface area contributed by atoms with E-state index >= 15 is 0 Å². The Balaban J connectivity index is 1.65. The third kappa shape index (κ3) is 3.68. The van der Waals surface area contributed by atoms with E-state index in [2.05, 4.69) is 20.7 Å². The minimum Gasteiger partial charge on any atom is -0.272 e. The van der Waals surface area contributed by atoms with Crippen molar-refractivity contribution in [2.24, 2.45) is 5.10 Å². The van der Waals surface area contributed by atoms with Crippen LogP contribution in [-0.2, 0) is 0 Å². The van der Waals surface area contributed by atoms with E-state index in [9.17, 15) is 9.18 Å². The summed E-state index contributed by atoms with van der Waals surface area (Å²) in [6, 6.07) is 17.0. The zero-order chi connectivity index (χ0) is 16.1. The Kier molecular flexibility index (Phi) is 4.24. The molecule has 114 valence electrons. The van der Waals surface area contributed by atoms with E-state index in [1.165, 1.54) is 18.3 Å². The number of carbonyl (C=O) groups is 1. The second-order valence-electron chi connectivity index (χ2n) is 4.78. The molecule has 0 saturated heterocycles. The van der Waals surface area contributed by atoms with Crippen molar-refractivity contribution in [3.63, 3.8) is 0 Å². The number of nitrogens with zero attached hydrogens (tertiary/aromatic N) is 2. The van der Waals surface area contributed by atoms with Gasteiger partial charge in [-0.3, -0.25) is 9.89 Å². The van der Waals surface area contributed by atoms with Gasteiger partial charge in [0.2, 0.25) is 0 Å². The van der Waals surface area contributed by atoms with Gasteiger partial charge in [-0.25, -0.2) is 9.82 Å². The molecule has 0 spiro atoms. The molecule has 2 N–H and O–H groups in total. The number of aromatic amines is 1. The maximum atomic E-state index is 12.8. The van der Waals surface area contributed by atoms with Gasteiger partial charge in [0.25, 0.3) is 5.91 Å². The van der Waals surface area contributed by atoms with Crippen LogP contribution in [0.1, 0.15) is 16.1 Å². The number of hydrogen-bond donors (Lipinski definition) is 2. The fourth-order valence-electron chi connectivity index (χ4n) is 1.97. The lowest BCUT2D eigenvalue weighted by Gasteiger charge is -1.96. The molecule has 0 radical (unpaired) electrons. The second kappa shape index (κ2) is 6.65. The highest BCUT2D eigenvalue weighted by Gasteiger charge is 2.09. The van der Waals surface area contributed by atoms with Gasteiger partial charge < -0.3 is 0 Å². The number of benzene rings is 2. The van der Waals surface area contributed by atoms with Crippen molar-refractivity contribution in [2.45, 2.75) is 0 Å². The molecule has 2 aromatic carbocycles. The quantitative estimate of drug-likeness (QED) is 0.574. The van der Waals surface area contributed by atoms with E-state index in [1.54, 1.807) is 18.2 Å². The standard InChI is InChI=1S/C17H13FN4O/c18-14-8-6-12(7-9-14)11-19-22-17(23)16-10-15(20-21-16)13-4-2-1-3-5-13/h1-11H,(H,20,21)(H,22,23)/b19-11-. The molecule has 1 heterocycles. The second-order valence-corrected chi connectivity index (χ2v) is 4.78. The van der Waals surface area contributed by atoms with Crippen LogP contribution in [0.3, 0.4) is 0 Å². The molecule has 0 atom stereocenters. The van der Waals surface area contributed by atoms with Gasteiger partial charge in [-0.15, -0.1) is 0 Å². The van der Waals surface area contributed by atoms with Gasteiger partial charge in [0, 0.05) is 5.56 Å². The predicted molar refractivity (Wildman–Crippen MR) is 85.5 cm³/mol. The zero-order valence-corrected chi connectivity index (χ0v) is 12.0. The highest BCUT2D eigenvalue weighted by atomic mass is 19.1. The summed E-state index contributed by atoms with van der Waals surface area (Å²) in [6.45, 7) is 0. The van der Waals surface area contributed by atoms with Gasteiger partial charge in [0.1, 0.15) is 11.5 Å². The van der Waals surface area contributed by atoms with Crippen molar-refractivity contribution in [2.75, 3.05) is 0 Å². The Morgan fingerprint density at radius 3 is 2.61 bits per heavy atom. The summed E-state index contributed by atoms with van der Waals surface area (Å²) in [4.78, 5) is 12.0. The number of carbonyl (C=O) groups excluding carboxylic acids is 1. The smallest absolute Gasteiger partial charge is 0.272 e. The number of amides is 1. The predicted octanol–water partition coefficient (Wildman–Crippen LogP) is 2.98. The van der Waals surface area contributed by atoms with Crippen LogP contribution in [0.4, 0.5) is 4.39 Å². The molecule has 5 nitrogen and oxygen atoms in total. The van der Waals surface area contributed by atoms with E-state index in [1.807, 2.05) is 30.3 Å². The third-order valence-electron chi connectivity index (χ3n) is 3.14. The van der Waals surface area contributed by atoms with Crippen LogP contribution in [-0.4, -0.2) is 22.3 Å². The fraction of sp³-hybridized carbons (Fsp3) is 0. The molecule has 0 saturated carbocycles. The van der Waals surface area contributed by atoms with Gasteiger partial charge in [-0.1, -0.05) is 42.5 Å². The Bertz CT molecular complexity index is 825. The molecule has 3 rings (SSSR count). The topological polar surface area (TPSA) is 70.1 Å². The van der Waals surface area contributed by atoms with Crippen molar-refractivity contribution in [3.05, 3.63) is 77.7 Å². The third-order valence-corrected chi connectivity index (χ3v) is 3.14. The summed E-state index contributed by atoms with van der Waals surface area (Å²) < 4.78 is 12.8.